The fourth-order valence-electron chi connectivity index (χ4n) is 1.68. The first-order chi connectivity index (χ1) is 9.13. The molecule has 0 fully saturated rings. The maximum Gasteiger partial charge on any atom is 0.242 e. The number of halogens is 1. The predicted molar refractivity (Wildman–Crippen MR) is 76.8 cm³/mol. The Kier molecular flexibility index (Phi) is 4.00. The quantitative estimate of drug-likeness (QED) is 0.842. The number of amides is 1. The molecule has 1 unspecified atom stereocenters. The molecule has 1 heterocycles. The molecule has 0 aliphatic carbocycles. The van der Waals surface area contributed by atoms with Crippen LogP contribution in [0.3, 0.4) is 0 Å². The number of benzene rings is 1. The summed E-state index contributed by atoms with van der Waals surface area (Å²) in [7, 11) is 0. The summed E-state index contributed by atoms with van der Waals surface area (Å²) in [5, 5.41) is 4.06. The van der Waals surface area contributed by atoms with Crippen LogP contribution < -0.4 is 11.1 Å². The highest BCUT2D eigenvalue weighted by Gasteiger charge is 2.14. The second kappa shape index (κ2) is 5.70. The van der Waals surface area contributed by atoms with Gasteiger partial charge in [-0.3, -0.25) is 9.78 Å². The summed E-state index contributed by atoms with van der Waals surface area (Å²) in [6, 6.07) is 6.27. The highest BCUT2D eigenvalue weighted by atomic mass is 35.5. The van der Waals surface area contributed by atoms with Gasteiger partial charge in [-0.1, -0.05) is 11.6 Å². The largest absolute Gasteiger partial charge is 0.323 e. The normalized spacial score (nSPS) is 11.8. The zero-order valence-corrected chi connectivity index (χ0v) is 10.8. The summed E-state index contributed by atoms with van der Waals surface area (Å²) in [6.45, 7) is 0. The molecule has 96 valence electrons. The number of nitrogens with two attached hydrogens (primary N) is 1. The summed E-state index contributed by atoms with van der Waals surface area (Å²) < 4.78 is 0. The van der Waals surface area contributed by atoms with E-state index in [1.807, 2.05) is 6.07 Å². The number of hydrogen-bond acceptors (Lipinski definition) is 3. The van der Waals surface area contributed by atoms with Crippen LogP contribution >= 0.6 is 11.6 Å². The lowest BCUT2D eigenvalue weighted by Crippen LogP contribution is -2.35. The van der Waals surface area contributed by atoms with Gasteiger partial charge in [0.1, 0.15) is 0 Å². The van der Waals surface area contributed by atoms with Crippen molar-refractivity contribution in [1.29, 1.82) is 0 Å². The molecule has 3 N–H and O–H groups in total. The Balaban J connectivity index is 2.34. The first kappa shape index (κ1) is 13.3. The van der Waals surface area contributed by atoms with Gasteiger partial charge in [-0.25, -0.2) is 0 Å². The van der Waals surface area contributed by atoms with Crippen molar-refractivity contribution in [2.24, 2.45) is 5.73 Å². The van der Waals surface area contributed by atoms with Crippen LogP contribution in [0.1, 0.15) is 6.42 Å². The molecule has 5 heteroatoms. The topological polar surface area (TPSA) is 68.0 Å². The smallest absolute Gasteiger partial charge is 0.242 e. The number of hydrogen-bond donors (Lipinski definition) is 2. The average Bonchev–Trinajstić information content (AvgIpc) is 2.42. The molecule has 1 aromatic carbocycles. The molecular weight excluding hydrogens is 262 g/mol. The molecule has 0 radical (unpaired) electrons. The maximum atomic E-state index is 11.8. The number of fused-ring (bicyclic) bond motifs is 1. The van der Waals surface area contributed by atoms with E-state index in [1.165, 1.54) is 0 Å². The molecule has 0 bridgehead atoms. The summed E-state index contributed by atoms with van der Waals surface area (Å²) in [5.41, 5.74) is 6.84. The number of carbonyl (C=O) groups is 1. The van der Waals surface area contributed by atoms with Crippen molar-refractivity contribution in [2.45, 2.75) is 12.5 Å². The standard InChI is InChI=1S/C14H12ClN3O/c1-2-4-11(16)14(19)18-12-7-6-10(15)9-5-3-8-17-13(9)12/h1,3,5-8,11H,4,16H2,(H,18,19). The van der Waals surface area contributed by atoms with Crippen molar-refractivity contribution in [3.63, 3.8) is 0 Å². The van der Waals surface area contributed by atoms with Gasteiger partial charge in [0.2, 0.25) is 5.91 Å². The van der Waals surface area contributed by atoms with Crippen molar-refractivity contribution in [3.8, 4) is 12.3 Å². The van der Waals surface area contributed by atoms with Gasteiger partial charge in [0.15, 0.2) is 0 Å². The highest BCUT2D eigenvalue weighted by Crippen LogP contribution is 2.27. The number of aromatic nitrogens is 1. The zero-order valence-electron chi connectivity index (χ0n) is 10.1. The molecule has 0 aliphatic rings. The molecule has 19 heavy (non-hydrogen) atoms. The summed E-state index contributed by atoms with van der Waals surface area (Å²) >= 11 is 6.07. The first-order valence-electron chi connectivity index (χ1n) is 5.66. The molecule has 4 nitrogen and oxygen atoms in total. The molecule has 2 rings (SSSR count). The Hall–Kier alpha value is -2.09. The van der Waals surface area contributed by atoms with Crippen molar-refractivity contribution in [2.75, 3.05) is 5.32 Å². The van der Waals surface area contributed by atoms with Gasteiger partial charge in [-0.2, -0.15) is 0 Å². The molecule has 0 spiro atoms. The van der Waals surface area contributed by atoms with Crippen LogP contribution in [0.15, 0.2) is 30.5 Å². The third-order valence-electron chi connectivity index (χ3n) is 2.65. The van der Waals surface area contributed by atoms with E-state index in [2.05, 4.69) is 16.2 Å². The average molecular weight is 274 g/mol. The van der Waals surface area contributed by atoms with Crippen LogP contribution in [0.25, 0.3) is 10.9 Å². The van der Waals surface area contributed by atoms with Gasteiger partial charge >= 0.3 is 0 Å². The van der Waals surface area contributed by atoms with E-state index in [0.717, 1.165) is 5.39 Å². The van der Waals surface area contributed by atoms with Crippen LogP contribution in [0, 0.1) is 12.3 Å². The third-order valence-corrected chi connectivity index (χ3v) is 2.98. The number of nitrogens with one attached hydrogen (secondary N) is 1. The maximum absolute atomic E-state index is 11.8. The van der Waals surface area contributed by atoms with Gasteiger partial charge < -0.3 is 11.1 Å². The van der Waals surface area contributed by atoms with E-state index >= 15 is 0 Å². The van der Waals surface area contributed by atoms with E-state index in [-0.39, 0.29) is 12.3 Å². The van der Waals surface area contributed by atoms with Gasteiger partial charge in [0.25, 0.3) is 0 Å². The van der Waals surface area contributed by atoms with Gasteiger partial charge in [0.05, 0.1) is 22.3 Å². The van der Waals surface area contributed by atoms with Crippen LogP contribution in [-0.2, 0) is 4.79 Å². The predicted octanol–water partition coefficient (Wildman–Crippen LogP) is 2.18. The fourth-order valence-corrected chi connectivity index (χ4v) is 1.90. The minimum atomic E-state index is -0.737. The molecule has 1 aromatic heterocycles. The van der Waals surface area contributed by atoms with Gasteiger partial charge in [-0.05, 0) is 24.3 Å². The number of pyridine rings is 1. The lowest BCUT2D eigenvalue weighted by atomic mass is 10.1. The minimum absolute atomic E-state index is 0.185. The Bertz CT molecular complexity index is 663. The van der Waals surface area contributed by atoms with Crippen molar-refractivity contribution in [1.82, 2.24) is 4.98 Å². The number of terminal acetylenes is 1. The molecule has 0 aliphatic heterocycles. The van der Waals surface area contributed by atoms with E-state index < -0.39 is 6.04 Å². The number of anilines is 1. The van der Waals surface area contributed by atoms with E-state index in [1.54, 1.807) is 24.4 Å². The second-order valence-electron chi connectivity index (χ2n) is 4.00. The molecule has 0 saturated heterocycles. The lowest BCUT2D eigenvalue weighted by Gasteiger charge is -2.11. The molecule has 0 saturated carbocycles. The Morgan fingerprint density at radius 2 is 2.32 bits per heavy atom. The highest BCUT2D eigenvalue weighted by molar-refractivity contribution is 6.35. The summed E-state index contributed by atoms with van der Waals surface area (Å²) in [4.78, 5) is 16.1. The molecule has 1 amide bonds. The van der Waals surface area contributed by atoms with Crippen molar-refractivity contribution in [3.05, 3.63) is 35.5 Å². The summed E-state index contributed by atoms with van der Waals surface area (Å²) in [6.07, 6.45) is 6.95. The van der Waals surface area contributed by atoms with E-state index in [0.29, 0.717) is 16.2 Å². The van der Waals surface area contributed by atoms with Crippen molar-refractivity contribution >= 4 is 34.1 Å². The Labute approximate surface area is 116 Å². The molecular formula is C14H12ClN3O. The van der Waals surface area contributed by atoms with Crippen LogP contribution in [0.2, 0.25) is 5.02 Å². The number of rotatable bonds is 3. The molecule has 2 aromatic rings. The fraction of sp³-hybridized carbons (Fsp3) is 0.143. The van der Waals surface area contributed by atoms with Gasteiger partial charge in [0, 0.05) is 18.0 Å². The van der Waals surface area contributed by atoms with Crippen LogP contribution in [0.5, 0.6) is 0 Å². The minimum Gasteiger partial charge on any atom is -0.323 e. The Morgan fingerprint density at radius 1 is 1.53 bits per heavy atom. The lowest BCUT2D eigenvalue weighted by molar-refractivity contribution is -0.117. The SMILES string of the molecule is C#CCC(N)C(=O)Nc1ccc(Cl)c2cccnc12. The van der Waals surface area contributed by atoms with E-state index in [9.17, 15) is 4.79 Å². The second-order valence-corrected chi connectivity index (χ2v) is 4.41. The number of carbonyl (C=O) groups excluding carboxylic acids is 1. The van der Waals surface area contributed by atoms with E-state index in [4.69, 9.17) is 23.8 Å². The van der Waals surface area contributed by atoms with Gasteiger partial charge in [-0.15, -0.1) is 12.3 Å². The Morgan fingerprint density at radius 3 is 3.05 bits per heavy atom. The zero-order chi connectivity index (χ0) is 13.8. The number of nitrogens with zero attached hydrogens (tertiary/aromatic N) is 1. The third kappa shape index (κ3) is 2.84. The van der Waals surface area contributed by atoms with Crippen LogP contribution in [-0.4, -0.2) is 16.9 Å². The monoisotopic (exact) mass is 273 g/mol. The summed E-state index contributed by atoms with van der Waals surface area (Å²) in [5.74, 6) is 2.02. The molecule has 1 atom stereocenters. The first-order valence-corrected chi connectivity index (χ1v) is 6.04. The van der Waals surface area contributed by atoms with Crippen molar-refractivity contribution < 1.29 is 4.79 Å². The van der Waals surface area contributed by atoms with Crippen LogP contribution in [0.4, 0.5) is 5.69 Å².